The molecule has 0 saturated carbocycles. The Labute approximate surface area is 363 Å². The number of allylic oxidation sites excluding steroid dienone is 1. The van der Waals surface area contributed by atoms with Gasteiger partial charge in [-0.3, -0.25) is 24.5 Å². The minimum absolute atomic E-state index is 0.0684. The van der Waals surface area contributed by atoms with Gasteiger partial charge in [0.1, 0.15) is 11.5 Å². The second kappa shape index (κ2) is 18.8. The molecule has 2 saturated heterocycles. The fraction of sp³-hybridized carbons (Fsp3) is 0.383. The second-order valence-corrected chi connectivity index (χ2v) is 18.6. The van der Waals surface area contributed by atoms with Crippen molar-refractivity contribution in [3.05, 3.63) is 123 Å². The molecule has 1 atom stereocenters. The van der Waals surface area contributed by atoms with Crippen LogP contribution in [0, 0.1) is 21.4 Å². The van der Waals surface area contributed by atoms with Crippen LogP contribution in [0.5, 0.6) is 17.2 Å². The van der Waals surface area contributed by atoms with Gasteiger partial charge in [0.2, 0.25) is 0 Å². The lowest BCUT2D eigenvalue weighted by Gasteiger charge is -2.39. The number of nitrogens with zero attached hydrogens (tertiary/aromatic N) is 3. The quantitative estimate of drug-likeness (QED) is 0.0825. The maximum Gasteiger partial charge on any atom is 0.312 e. The van der Waals surface area contributed by atoms with Crippen molar-refractivity contribution >= 4 is 56.3 Å². The molecule has 0 radical (unpaired) electrons. The van der Waals surface area contributed by atoms with Crippen LogP contribution in [-0.2, 0) is 15.7 Å². The lowest BCUT2D eigenvalue weighted by molar-refractivity contribution is -0.386. The Bertz CT molecular complexity index is 2440. The fourth-order valence-corrected chi connectivity index (χ4v) is 9.52. The Hall–Kier alpha value is -5.21. The molecule has 14 heteroatoms. The maximum atomic E-state index is 13.9. The van der Waals surface area contributed by atoms with Crippen LogP contribution in [0.1, 0.15) is 68.3 Å². The predicted octanol–water partition coefficient (Wildman–Crippen LogP) is 9.96. The number of rotatable bonds is 14. The van der Waals surface area contributed by atoms with E-state index in [1.54, 1.807) is 6.07 Å². The molecule has 0 bridgehead atoms. The van der Waals surface area contributed by atoms with Crippen molar-refractivity contribution in [1.29, 1.82) is 0 Å². The highest BCUT2D eigenvalue weighted by atomic mass is 35.5. The highest BCUT2D eigenvalue weighted by molar-refractivity contribution is 7.83. The van der Waals surface area contributed by atoms with Crippen LogP contribution in [0.3, 0.4) is 0 Å². The van der Waals surface area contributed by atoms with Gasteiger partial charge in [-0.1, -0.05) is 49.2 Å². The Morgan fingerprint density at radius 2 is 1.77 bits per heavy atom. The van der Waals surface area contributed by atoms with Gasteiger partial charge in [-0.2, -0.15) is 0 Å². The molecule has 5 aromatic rings. The van der Waals surface area contributed by atoms with E-state index >= 15 is 0 Å². The summed E-state index contributed by atoms with van der Waals surface area (Å²) in [5, 5.41) is 13.6. The van der Waals surface area contributed by atoms with Crippen molar-refractivity contribution < 1.29 is 28.1 Å². The average molecular weight is 866 g/mol. The molecule has 2 aliphatic heterocycles. The summed E-state index contributed by atoms with van der Waals surface area (Å²) in [5.74, 6) is 0.736. The first-order valence-electron chi connectivity index (χ1n) is 21.0. The van der Waals surface area contributed by atoms with Crippen molar-refractivity contribution in [3.63, 3.8) is 0 Å². The predicted molar refractivity (Wildman–Crippen MR) is 240 cm³/mol. The largest absolute Gasteiger partial charge is 0.487 e. The van der Waals surface area contributed by atoms with E-state index in [9.17, 15) is 19.1 Å². The molecular weight excluding hydrogens is 814 g/mol. The molecular formula is C47H52ClN5O7S. The van der Waals surface area contributed by atoms with Gasteiger partial charge in [0, 0.05) is 85.9 Å². The van der Waals surface area contributed by atoms with Gasteiger partial charge in [-0.15, -0.1) is 0 Å². The van der Waals surface area contributed by atoms with Gasteiger partial charge in [0.25, 0.3) is 5.91 Å². The number of nitro groups is 1. The minimum atomic E-state index is -2.13. The monoisotopic (exact) mass is 865 g/mol. The molecule has 1 unspecified atom stereocenters. The van der Waals surface area contributed by atoms with E-state index in [0.29, 0.717) is 37.2 Å². The van der Waals surface area contributed by atoms with Crippen molar-refractivity contribution in [1.82, 2.24) is 14.6 Å². The van der Waals surface area contributed by atoms with E-state index in [-0.39, 0.29) is 27.3 Å². The molecule has 12 nitrogen and oxygen atoms in total. The average Bonchev–Trinajstić information content (AvgIpc) is 3.75. The zero-order chi connectivity index (χ0) is 42.5. The van der Waals surface area contributed by atoms with Gasteiger partial charge < -0.3 is 24.1 Å². The van der Waals surface area contributed by atoms with E-state index in [4.69, 9.17) is 25.8 Å². The zero-order valence-electron chi connectivity index (χ0n) is 34.6. The molecule has 4 aromatic carbocycles. The third-order valence-electron chi connectivity index (χ3n) is 12.2. The van der Waals surface area contributed by atoms with Crippen LogP contribution in [-0.4, -0.2) is 77.5 Å². The lowest BCUT2D eigenvalue weighted by atomic mass is 9.72. The van der Waals surface area contributed by atoms with E-state index < -0.39 is 21.8 Å². The Morgan fingerprint density at radius 1 is 0.984 bits per heavy atom. The fourth-order valence-electron chi connectivity index (χ4n) is 8.59. The van der Waals surface area contributed by atoms with Crippen molar-refractivity contribution in [3.8, 4) is 17.2 Å². The van der Waals surface area contributed by atoms with Crippen molar-refractivity contribution in [2.45, 2.75) is 57.3 Å². The van der Waals surface area contributed by atoms with E-state index in [1.165, 1.54) is 34.9 Å². The molecule has 320 valence electrons. The Morgan fingerprint density at radius 3 is 2.54 bits per heavy atom. The van der Waals surface area contributed by atoms with Crippen molar-refractivity contribution in [2.75, 3.05) is 57.4 Å². The number of aromatic amines is 1. The number of hydrogen-bond acceptors (Lipinski definition) is 9. The number of aromatic nitrogens is 1. The summed E-state index contributed by atoms with van der Waals surface area (Å²) in [6.07, 6.45) is 7.72. The number of H-pyrrole nitrogens is 1. The summed E-state index contributed by atoms with van der Waals surface area (Å²) in [7, 11) is -2.13. The number of piperazine rings is 1. The number of anilines is 1. The van der Waals surface area contributed by atoms with Crippen LogP contribution < -0.4 is 19.1 Å². The van der Waals surface area contributed by atoms with Crippen LogP contribution in [0.4, 0.5) is 11.4 Å². The molecule has 0 spiro atoms. The Balaban J connectivity index is 0.980. The number of hydrogen-bond donors (Lipinski definition) is 2. The minimum Gasteiger partial charge on any atom is -0.487 e. The zero-order valence-corrected chi connectivity index (χ0v) is 36.2. The van der Waals surface area contributed by atoms with Gasteiger partial charge in [-0.05, 0) is 116 Å². The number of nitro benzene ring substituents is 1. The van der Waals surface area contributed by atoms with Crippen LogP contribution >= 0.6 is 11.6 Å². The van der Waals surface area contributed by atoms with Crippen LogP contribution in [0.25, 0.3) is 16.5 Å². The first-order valence-corrected chi connectivity index (χ1v) is 22.6. The summed E-state index contributed by atoms with van der Waals surface area (Å²) < 4.78 is 33.9. The molecule has 3 heterocycles. The smallest absolute Gasteiger partial charge is 0.312 e. The number of fused-ring (bicyclic) bond motifs is 1. The maximum absolute atomic E-state index is 13.9. The lowest BCUT2D eigenvalue weighted by Crippen LogP contribution is -2.47. The summed E-state index contributed by atoms with van der Waals surface area (Å²) in [6, 6.07) is 25.4. The number of carbonyl (C=O) groups excluding carboxylic acids is 1. The van der Waals surface area contributed by atoms with Gasteiger partial charge in [0.15, 0.2) is 16.7 Å². The molecule has 61 heavy (non-hydrogen) atoms. The highest BCUT2D eigenvalue weighted by Gasteiger charge is 2.30. The number of halogens is 1. The standard InChI is InChI=1S/C47H52ClN5O7S/c1-47(2)19-14-34(40(30-47)33-6-8-35(48)9-7-33)31-51-21-23-52(24-22-51)36-10-12-39(45(28-36)60-43-5-3-4-41-38(43)15-20-49-41)46(54)50-61(57)37-11-13-44(42(29-37)53(55)56)59-27-18-32-16-25-58-26-17-32/h3-13,15,20,28-29,32,49H,14,16-19,21-27,30-31H2,1-2H3,(H,50,54). The van der Waals surface area contributed by atoms with Gasteiger partial charge >= 0.3 is 5.69 Å². The van der Waals surface area contributed by atoms with Gasteiger partial charge in [-0.25, -0.2) is 4.21 Å². The van der Waals surface area contributed by atoms with E-state index in [1.807, 2.05) is 54.7 Å². The molecule has 2 N–H and O–H groups in total. The SMILES string of the molecule is CC1(C)CCC(CN2CCN(c3ccc(C(=O)NS(=O)c4ccc(OCCC5CCOCC5)c([N+](=O)[O-])c4)c(Oc4cccc5[nH]ccc45)c3)CC2)=C(c2ccc(Cl)cc2)C1. The number of ether oxygens (including phenoxy) is 3. The summed E-state index contributed by atoms with van der Waals surface area (Å²) >= 11 is 6.25. The third-order valence-corrected chi connectivity index (χ3v) is 13.5. The summed E-state index contributed by atoms with van der Waals surface area (Å²) in [6.45, 7) is 10.7. The molecule has 1 aliphatic carbocycles. The highest BCUT2D eigenvalue weighted by Crippen LogP contribution is 2.43. The summed E-state index contributed by atoms with van der Waals surface area (Å²) in [5.41, 5.74) is 6.07. The van der Waals surface area contributed by atoms with Gasteiger partial charge in [0.05, 0.1) is 22.0 Å². The topological polar surface area (TPSA) is 139 Å². The third kappa shape index (κ3) is 10.3. The van der Waals surface area contributed by atoms with E-state index in [0.717, 1.165) is 92.9 Å². The summed E-state index contributed by atoms with van der Waals surface area (Å²) in [4.78, 5) is 33.5. The Kier molecular flexibility index (Phi) is 13.1. The normalized spacial score (nSPS) is 17.9. The van der Waals surface area contributed by atoms with E-state index in [2.05, 4.69) is 45.5 Å². The molecule has 1 amide bonds. The number of nitrogens with one attached hydrogen (secondary N) is 2. The molecule has 3 aliphatic rings. The number of amides is 1. The number of benzene rings is 4. The van der Waals surface area contributed by atoms with Crippen molar-refractivity contribution in [2.24, 2.45) is 11.3 Å². The second-order valence-electron chi connectivity index (χ2n) is 17.0. The molecule has 2 fully saturated rings. The van der Waals surface area contributed by atoms with Crippen LogP contribution in [0.2, 0.25) is 5.02 Å². The first kappa shape index (κ1) is 42.5. The first-order chi connectivity index (χ1) is 29.5. The molecule has 1 aromatic heterocycles. The molecule has 8 rings (SSSR count). The number of carbonyl (C=O) groups is 1. The van der Waals surface area contributed by atoms with Crippen LogP contribution in [0.15, 0.2) is 102 Å².